The summed E-state index contributed by atoms with van der Waals surface area (Å²) in [5.41, 5.74) is 2.23. The number of para-hydroxylation sites is 1. The summed E-state index contributed by atoms with van der Waals surface area (Å²) in [6.07, 6.45) is 1.62. The van der Waals surface area contributed by atoms with Gasteiger partial charge in [-0.2, -0.15) is 0 Å². The van der Waals surface area contributed by atoms with Crippen molar-refractivity contribution in [3.05, 3.63) is 47.1 Å². The predicted molar refractivity (Wildman–Crippen MR) is 124 cm³/mol. The normalized spacial score (nSPS) is 14.5. The number of thiophene rings is 1. The number of piperazine rings is 1. The number of rotatable bonds is 6. The fraction of sp³-hybridized carbons (Fsp3) is 0.409. The average Bonchev–Trinajstić information content (AvgIpc) is 3.11. The first-order valence-corrected chi connectivity index (χ1v) is 11.1. The van der Waals surface area contributed by atoms with E-state index in [0.29, 0.717) is 6.54 Å². The molecule has 8 heteroatoms. The Morgan fingerprint density at radius 3 is 2.50 bits per heavy atom. The largest absolute Gasteiger partial charge is 0.368 e. The van der Waals surface area contributed by atoms with E-state index in [4.69, 9.17) is 0 Å². The molecule has 1 N–H and O–H groups in total. The fourth-order valence-corrected chi connectivity index (χ4v) is 4.86. The number of benzene rings is 1. The minimum Gasteiger partial charge on any atom is -0.368 e. The quantitative estimate of drug-likeness (QED) is 0.656. The van der Waals surface area contributed by atoms with E-state index >= 15 is 0 Å². The summed E-state index contributed by atoms with van der Waals surface area (Å²) in [6, 6.07) is 10.5. The molecule has 4 rings (SSSR count). The Morgan fingerprint density at radius 1 is 1.10 bits per heavy atom. The summed E-state index contributed by atoms with van der Waals surface area (Å²) in [5.74, 6) is 0.908. The molecule has 3 aromatic rings. The molecule has 0 unspecified atom stereocenters. The van der Waals surface area contributed by atoms with E-state index in [-0.39, 0.29) is 5.91 Å². The second-order valence-electron chi connectivity index (χ2n) is 7.80. The Balaban J connectivity index is 1.53. The van der Waals surface area contributed by atoms with E-state index in [0.717, 1.165) is 59.2 Å². The van der Waals surface area contributed by atoms with Gasteiger partial charge in [-0.25, -0.2) is 9.97 Å². The lowest BCUT2D eigenvalue weighted by Crippen LogP contribution is -2.46. The Kier molecular flexibility index (Phi) is 6.15. The van der Waals surface area contributed by atoms with Gasteiger partial charge in [0.15, 0.2) is 0 Å². The number of carbonyl (C=O) groups is 1. The molecule has 1 saturated heterocycles. The first-order chi connectivity index (χ1) is 14.5. The zero-order valence-corrected chi connectivity index (χ0v) is 18.6. The summed E-state index contributed by atoms with van der Waals surface area (Å²) < 4.78 is 0. The van der Waals surface area contributed by atoms with Crippen LogP contribution in [0.15, 0.2) is 36.7 Å². The second-order valence-corrected chi connectivity index (χ2v) is 8.80. The zero-order chi connectivity index (χ0) is 21.1. The Hall–Kier alpha value is -2.71. The lowest BCUT2D eigenvalue weighted by molar-refractivity contribution is 0.0954. The van der Waals surface area contributed by atoms with Gasteiger partial charge in [0.05, 0.1) is 10.3 Å². The van der Waals surface area contributed by atoms with Gasteiger partial charge in [0.25, 0.3) is 5.91 Å². The molecule has 1 aliphatic rings. The number of amides is 1. The van der Waals surface area contributed by atoms with Crippen LogP contribution in [0.25, 0.3) is 10.2 Å². The molecule has 7 nitrogen and oxygen atoms in total. The molecule has 1 aliphatic heterocycles. The molecule has 0 radical (unpaired) electrons. The number of aromatic nitrogens is 2. The van der Waals surface area contributed by atoms with Crippen LogP contribution in [-0.4, -0.2) is 74.1 Å². The molecular formula is C22H28N6OS. The van der Waals surface area contributed by atoms with Gasteiger partial charge in [-0.1, -0.05) is 18.2 Å². The number of nitrogens with zero attached hydrogens (tertiary/aromatic N) is 5. The number of carbonyl (C=O) groups excluding carboxylic acids is 1. The third-order valence-corrected chi connectivity index (χ3v) is 6.66. The van der Waals surface area contributed by atoms with Gasteiger partial charge in [-0.3, -0.25) is 4.79 Å². The maximum atomic E-state index is 12.7. The fourth-order valence-electron chi connectivity index (χ4n) is 3.80. The van der Waals surface area contributed by atoms with Crippen molar-refractivity contribution in [1.29, 1.82) is 0 Å². The highest BCUT2D eigenvalue weighted by atomic mass is 32.1. The molecule has 0 bridgehead atoms. The lowest BCUT2D eigenvalue weighted by Gasteiger charge is -2.37. The van der Waals surface area contributed by atoms with Crippen molar-refractivity contribution in [3.63, 3.8) is 0 Å². The van der Waals surface area contributed by atoms with Gasteiger partial charge >= 0.3 is 0 Å². The number of hydrogen-bond donors (Lipinski definition) is 1. The highest BCUT2D eigenvalue weighted by molar-refractivity contribution is 7.20. The van der Waals surface area contributed by atoms with Gasteiger partial charge in [-0.15, -0.1) is 11.3 Å². The minimum atomic E-state index is -0.0304. The van der Waals surface area contributed by atoms with Crippen LogP contribution in [0.5, 0.6) is 0 Å². The Labute approximate surface area is 181 Å². The van der Waals surface area contributed by atoms with Gasteiger partial charge < -0.3 is 20.0 Å². The highest BCUT2D eigenvalue weighted by Gasteiger charge is 2.24. The predicted octanol–water partition coefficient (Wildman–Crippen LogP) is 2.62. The van der Waals surface area contributed by atoms with Crippen LogP contribution >= 0.6 is 11.3 Å². The number of aryl methyl sites for hydroxylation is 1. The number of fused-ring (bicyclic) bond motifs is 1. The minimum absolute atomic E-state index is 0.0304. The Morgan fingerprint density at radius 2 is 1.80 bits per heavy atom. The average molecular weight is 425 g/mol. The molecule has 1 amide bonds. The monoisotopic (exact) mass is 424 g/mol. The Bertz CT molecular complexity index is 1010. The van der Waals surface area contributed by atoms with Crippen molar-refractivity contribution < 1.29 is 4.79 Å². The first kappa shape index (κ1) is 20.6. The molecule has 3 heterocycles. The van der Waals surface area contributed by atoms with Gasteiger partial charge in [0, 0.05) is 45.0 Å². The van der Waals surface area contributed by atoms with Crippen LogP contribution in [0.4, 0.5) is 11.5 Å². The van der Waals surface area contributed by atoms with Crippen LogP contribution in [0.3, 0.4) is 0 Å². The van der Waals surface area contributed by atoms with Crippen molar-refractivity contribution in [2.75, 3.05) is 63.2 Å². The third kappa shape index (κ3) is 4.24. The molecule has 30 heavy (non-hydrogen) atoms. The summed E-state index contributed by atoms with van der Waals surface area (Å²) in [6.45, 7) is 7.10. The van der Waals surface area contributed by atoms with Gasteiger partial charge in [-0.05, 0) is 38.7 Å². The molecule has 1 aromatic carbocycles. The van der Waals surface area contributed by atoms with E-state index in [1.165, 1.54) is 17.0 Å². The van der Waals surface area contributed by atoms with Crippen molar-refractivity contribution in [3.8, 4) is 0 Å². The SMILES string of the molecule is Cc1c(C(=O)NCCN(C)C)sc2ncnc(N3CCN(c4ccccc4)CC3)c12. The summed E-state index contributed by atoms with van der Waals surface area (Å²) >= 11 is 1.45. The molecule has 158 valence electrons. The highest BCUT2D eigenvalue weighted by Crippen LogP contribution is 2.35. The maximum Gasteiger partial charge on any atom is 0.261 e. The van der Waals surface area contributed by atoms with E-state index in [1.54, 1.807) is 6.33 Å². The van der Waals surface area contributed by atoms with Crippen molar-refractivity contribution in [1.82, 2.24) is 20.2 Å². The van der Waals surface area contributed by atoms with Crippen LogP contribution in [-0.2, 0) is 0 Å². The number of hydrogen-bond acceptors (Lipinski definition) is 7. The van der Waals surface area contributed by atoms with Crippen molar-refractivity contribution in [2.24, 2.45) is 0 Å². The molecule has 0 atom stereocenters. The molecule has 0 saturated carbocycles. The first-order valence-electron chi connectivity index (χ1n) is 10.3. The van der Waals surface area contributed by atoms with Crippen LogP contribution in [0.2, 0.25) is 0 Å². The third-order valence-electron chi connectivity index (χ3n) is 5.46. The van der Waals surface area contributed by atoms with Crippen molar-refractivity contribution >= 4 is 39.0 Å². The summed E-state index contributed by atoms with van der Waals surface area (Å²) in [4.78, 5) is 30.2. The van der Waals surface area contributed by atoms with Gasteiger partial charge in [0.1, 0.15) is 17.0 Å². The van der Waals surface area contributed by atoms with Crippen LogP contribution in [0.1, 0.15) is 15.2 Å². The molecule has 2 aromatic heterocycles. The van der Waals surface area contributed by atoms with E-state index in [2.05, 4.69) is 54.2 Å². The molecule has 0 spiro atoms. The summed E-state index contributed by atoms with van der Waals surface area (Å²) in [7, 11) is 3.99. The molecular weight excluding hydrogens is 396 g/mol. The number of likely N-dealkylation sites (N-methyl/N-ethyl adjacent to an activating group) is 1. The molecule has 0 aliphatic carbocycles. The van der Waals surface area contributed by atoms with Crippen LogP contribution in [0, 0.1) is 6.92 Å². The number of nitrogens with one attached hydrogen (secondary N) is 1. The smallest absolute Gasteiger partial charge is 0.261 e. The summed E-state index contributed by atoms with van der Waals surface area (Å²) in [5, 5.41) is 4.02. The van der Waals surface area contributed by atoms with E-state index in [1.807, 2.05) is 27.1 Å². The lowest BCUT2D eigenvalue weighted by atomic mass is 10.1. The van der Waals surface area contributed by atoms with Crippen molar-refractivity contribution in [2.45, 2.75) is 6.92 Å². The van der Waals surface area contributed by atoms with Crippen LogP contribution < -0.4 is 15.1 Å². The standard InChI is InChI=1S/C22H28N6OS/c1-16-18-20(28-13-11-27(12-14-28)17-7-5-4-6-8-17)24-15-25-22(18)30-19(16)21(29)23-9-10-26(2)3/h4-8,15H,9-14H2,1-3H3,(H,23,29). The topological polar surface area (TPSA) is 64.6 Å². The van der Waals surface area contributed by atoms with Gasteiger partial charge in [0.2, 0.25) is 0 Å². The maximum absolute atomic E-state index is 12.7. The second kappa shape index (κ2) is 8.97. The zero-order valence-electron chi connectivity index (χ0n) is 17.8. The van der Waals surface area contributed by atoms with E-state index < -0.39 is 0 Å². The molecule has 1 fully saturated rings. The van der Waals surface area contributed by atoms with E-state index in [9.17, 15) is 4.79 Å². The number of anilines is 2.